The van der Waals surface area contributed by atoms with E-state index in [1.54, 1.807) is 22.7 Å². The Morgan fingerprint density at radius 1 is 1.53 bits per heavy atom. The highest BCUT2D eigenvalue weighted by Gasteiger charge is 2.17. The SMILES string of the molecule is CC(C)OCCNc1nc2ccccn2c1C(=O)O. The third-order valence-corrected chi connectivity index (χ3v) is 2.58. The molecule has 2 N–H and O–H groups in total. The zero-order valence-electron chi connectivity index (χ0n) is 11.0. The Bertz CT molecular complexity index is 578. The molecule has 2 heterocycles. The van der Waals surface area contributed by atoms with Gasteiger partial charge >= 0.3 is 5.97 Å². The third-order valence-electron chi connectivity index (χ3n) is 2.58. The molecule has 0 aliphatic heterocycles. The van der Waals surface area contributed by atoms with Gasteiger partial charge in [0.1, 0.15) is 5.65 Å². The molecule has 102 valence electrons. The molecule has 2 rings (SSSR count). The lowest BCUT2D eigenvalue weighted by atomic mass is 10.4. The van der Waals surface area contributed by atoms with Crippen molar-refractivity contribution < 1.29 is 14.6 Å². The lowest BCUT2D eigenvalue weighted by molar-refractivity contribution is 0.0689. The monoisotopic (exact) mass is 263 g/mol. The van der Waals surface area contributed by atoms with Crippen LogP contribution < -0.4 is 5.32 Å². The molecule has 0 amide bonds. The fourth-order valence-corrected chi connectivity index (χ4v) is 1.79. The topological polar surface area (TPSA) is 75.9 Å². The number of pyridine rings is 1. The maximum atomic E-state index is 11.3. The lowest BCUT2D eigenvalue weighted by Gasteiger charge is -2.08. The number of imidazole rings is 1. The summed E-state index contributed by atoms with van der Waals surface area (Å²) >= 11 is 0. The van der Waals surface area contributed by atoms with Crippen LogP contribution in [0.15, 0.2) is 24.4 Å². The van der Waals surface area contributed by atoms with Crippen molar-refractivity contribution in [3.8, 4) is 0 Å². The number of carboxylic acid groups (broad SMARTS) is 1. The number of carbonyl (C=O) groups is 1. The molecular weight excluding hydrogens is 246 g/mol. The Balaban J connectivity index is 2.17. The molecule has 6 nitrogen and oxygen atoms in total. The molecule has 2 aromatic rings. The van der Waals surface area contributed by atoms with E-state index in [-0.39, 0.29) is 11.8 Å². The summed E-state index contributed by atoms with van der Waals surface area (Å²) in [7, 11) is 0. The van der Waals surface area contributed by atoms with Crippen molar-refractivity contribution in [1.29, 1.82) is 0 Å². The molecular formula is C13H17N3O3. The van der Waals surface area contributed by atoms with Crippen molar-refractivity contribution in [2.75, 3.05) is 18.5 Å². The normalized spacial score (nSPS) is 11.1. The number of nitrogens with one attached hydrogen (secondary N) is 1. The summed E-state index contributed by atoms with van der Waals surface area (Å²) in [5.74, 6) is -0.642. The first-order valence-electron chi connectivity index (χ1n) is 6.15. The number of aromatic carboxylic acids is 1. The average Bonchev–Trinajstić information content (AvgIpc) is 2.72. The summed E-state index contributed by atoms with van der Waals surface area (Å²) in [5.41, 5.74) is 0.743. The number of anilines is 1. The van der Waals surface area contributed by atoms with E-state index >= 15 is 0 Å². The minimum Gasteiger partial charge on any atom is -0.476 e. The van der Waals surface area contributed by atoms with Gasteiger partial charge in [0.25, 0.3) is 0 Å². The van der Waals surface area contributed by atoms with E-state index in [0.717, 1.165) is 0 Å². The highest BCUT2D eigenvalue weighted by atomic mass is 16.5. The third kappa shape index (κ3) is 3.03. The van der Waals surface area contributed by atoms with Crippen molar-refractivity contribution in [2.24, 2.45) is 0 Å². The number of aromatic nitrogens is 2. The van der Waals surface area contributed by atoms with E-state index in [1.807, 2.05) is 19.9 Å². The Morgan fingerprint density at radius 2 is 2.32 bits per heavy atom. The van der Waals surface area contributed by atoms with Crippen LogP contribution in [0.1, 0.15) is 24.3 Å². The molecule has 0 spiro atoms. The molecule has 2 aromatic heterocycles. The number of ether oxygens (including phenoxy) is 1. The Hall–Kier alpha value is -2.08. The van der Waals surface area contributed by atoms with E-state index in [9.17, 15) is 9.90 Å². The first-order valence-corrected chi connectivity index (χ1v) is 6.15. The molecule has 19 heavy (non-hydrogen) atoms. The van der Waals surface area contributed by atoms with E-state index in [0.29, 0.717) is 24.6 Å². The smallest absolute Gasteiger partial charge is 0.356 e. The lowest BCUT2D eigenvalue weighted by Crippen LogP contribution is -2.15. The summed E-state index contributed by atoms with van der Waals surface area (Å²) in [4.78, 5) is 15.6. The molecule has 0 atom stereocenters. The fraction of sp³-hybridized carbons (Fsp3) is 0.385. The molecule has 0 saturated heterocycles. The second-order valence-corrected chi connectivity index (χ2v) is 4.39. The Kier molecular flexibility index (Phi) is 4.01. The molecule has 0 aromatic carbocycles. The van der Waals surface area contributed by atoms with E-state index < -0.39 is 5.97 Å². The second-order valence-electron chi connectivity index (χ2n) is 4.39. The van der Waals surface area contributed by atoms with Gasteiger partial charge in [0, 0.05) is 12.7 Å². The molecule has 0 saturated carbocycles. The maximum Gasteiger partial charge on any atom is 0.356 e. The van der Waals surface area contributed by atoms with Crippen molar-refractivity contribution in [2.45, 2.75) is 20.0 Å². The molecule has 0 bridgehead atoms. The molecule has 0 aliphatic carbocycles. The zero-order valence-corrected chi connectivity index (χ0v) is 11.0. The zero-order chi connectivity index (χ0) is 13.8. The number of carboxylic acids is 1. The minimum absolute atomic E-state index is 0.139. The van der Waals surface area contributed by atoms with Crippen molar-refractivity contribution in [1.82, 2.24) is 9.38 Å². The number of hydrogen-bond donors (Lipinski definition) is 2. The Morgan fingerprint density at radius 3 is 3.00 bits per heavy atom. The van der Waals surface area contributed by atoms with Gasteiger partial charge in [0.2, 0.25) is 0 Å². The molecule has 6 heteroatoms. The summed E-state index contributed by atoms with van der Waals surface area (Å²) in [6.07, 6.45) is 1.84. The summed E-state index contributed by atoms with van der Waals surface area (Å²) in [6.45, 7) is 4.92. The van der Waals surface area contributed by atoms with Crippen molar-refractivity contribution >= 4 is 17.4 Å². The highest BCUT2D eigenvalue weighted by molar-refractivity contribution is 5.92. The minimum atomic E-state index is -1.01. The van der Waals surface area contributed by atoms with Gasteiger partial charge in [-0.2, -0.15) is 0 Å². The van der Waals surface area contributed by atoms with Crippen LogP contribution in [0.3, 0.4) is 0 Å². The van der Waals surface area contributed by atoms with Gasteiger partial charge in [-0.05, 0) is 26.0 Å². The average molecular weight is 263 g/mol. The predicted octanol–water partition coefficient (Wildman–Crippen LogP) is 1.87. The van der Waals surface area contributed by atoms with Gasteiger partial charge in [-0.1, -0.05) is 6.07 Å². The van der Waals surface area contributed by atoms with Crippen LogP contribution in [-0.4, -0.2) is 39.7 Å². The Labute approximate surface area is 111 Å². The van der Waals surface area contributed by atoms with Gasteiger partial charge in [-0.25, -0.2) is 9.78 Å². The van der Waals surface area contributed by atoms with Gasteiger partial charge in [0.05, 0.1) is 12.7 Å². The summed E-state index contributed by atoms with van der Waals surface area (Å²) in [5, 5.41) is 12.3. The number of nitrogens with zero attached hydrogens (tertiary/aromatic N) is 2. The maximum absolute atomic E-state index is 11.3. The first-order chi connectivity index (χ1) is 9.09. The van der Waals surface area contributed by atoms with E-state index in [1.165, 1.54) is 0 Å². The number of rotatable bonds is 6. The first kappa shape index (κ1) is 13.4. The molecule has 0 aliphatic rings. The van der Waals surface area contributed by atoms with Crippen molar-refractivity contribution in [3.05, 3.63) is 30.1 Å². The van der Waals surface area contributed by atoms with Crippen LogP contribution >= 0.6 is 0 Å². The molecule has 0 radical (unpaired) electrons. The highest BCUT2D eigenvalue weighted by Crippen LogP contribution is 2.17. The van der Waals surface area contributed by atoms with Crippen LogP contribution in [0.5, 0.6) is 0 Å². The fourth-order valence-electron chi connectivity index (χ4n) is 1.79. The van der Waals surface area contributed by atoms with Crippen LogP contribution in [-0.2, 0) is 4.74 Å². The van der Waals surface area contributed by atoms with Crippen LogP contribution in [0.25, 0.3) is 5.65 Å². The second kappa shape index (κ2) is 5.71. The van der Waals surface area contributed by atoms with Crippen LogP contribution in [0.4, 0.5) is 5.82 Å². The van der Waals surface area contributed by atoms with Gasteiger partial charge in [-0.15, -0.1) is 0 Å². The van der Waals surface area contributed by atoms with Gasteiger partial charge < -0.3 is 15.2 Å². The largest absolute Gasteiger partial charge is 0.476 e. The van der Waals surface area contributed by atoms with Gasteiger partial charge in [0.15, 0.2) is 11.5 Å². The van der Waals surface area contributed by atoms with Crippen LogP contribution in [0.2, 0.25) is 0 Å². The van der Waals surface area contributed by atoms with Crippen molar-refractivity contribution in [3.63, 3.8) is 0 Å². The standard InChI is InChI=1S/C13H17N3O3/c1-9(2)19-8-6-14-12-11(13(17)18)16-7-4-3-5-10(16)15-12/h3-5,7,9,14H,6,8H2,1-2H3,(H,17,18). The molecule has 0 fully saturated rings. The van der Waals surface area contributed by atoms with E-state index in [4.69, 9.17) is 4.74 Å². The quantitative estimate of drug-likeness (QED) is 0.778. The predicted molar refractivity (Wildman–Crippen MR) is 71.7 cm³/mol. The summed E-state index contributed by atoms with van der Waals surface area (Å²) in [6, 6.07) is 5.36. The number of fused-ring (bicyclic) bond motifs is 1. The van der Waals surface area contributed by atoms with Gasteiger partial charge in [-0.3, -0.25) is 4.40 Å². The van der Waals surface area contributed by atoms with E-state index in [2.05, 4.69) is 10.3 Å². The van der Waals surface area contributed by atoms with Crippen LogP contribution in [0, 0.1) is 0 Å². The summed E-state index contributed by atoms with van der Waals surface area (Å²) < 4.78 is 6.94. The number of hydrogen-bond acceptors (Lipinski definition) is 4. The molecule has 0 unspecified atom stereocenters.